The van der Waals surface area contributed by atoms with Crippen LogP contribution in [-0.4, -0.2) is 92.3 Å². The van der Waals surface area contributed by atoms with Gasteiger partial charge in [0.15, 0.2) is 0 Å². The minimum atomic E-state index is -4.87. The predicted molar refractivity (Wildman–Crippen MR) is 297 cm³/mol. The van der Waals surface area contributed by atoms with E-state index in [-0.39, 0.29) is 132 Å². The summed E-state index contributed by atoms with van der Waals surface area (Å²) in [6.07, 6.45) is -3.90. The number of halogens is 7. The van der Waals surface area contributed by atoms with Gasteiger partial charge in [-0.15, -0.1) is 21.5 Å². The molecule has 10 rings (SSSR count). The number of aliphatic hydroxyl groups excluding tert-OH is 2. The van der Waals surface area contributed by atoms with Crippen molar-refractivity contribution >= 4 is 78.8 Å². The molecule has 6 aromatic rings. The van der Waals surface area contributed by atoms with Gasteiger partial charge >= 0.3 is 20.6 Å². The monoisotopic (exact) mass is 1200 g/mol. The first-order chi connectivity index (χ1) is 39.1. The second kappa shape index (κ2) is 24.8. The first-order valence-electron chi connectivity index (χ1n) is 26.4. The van der Waals surface area contributed by atoms with Crippen molar-refractivity contribution in [3.8, 4) is 11.5 Å². The Labute approximate surface area is 479 Å². The summed E-state index contributed by atoms with van der Waals surface area (Å²) in [5.74, 6) is -1.74. The summed E-state index contributed by atoms with van der Waals surface area (Å²) in [5, 5.41) is 31.5. The van der Waals surface area contributed by atoms with Gasteiger partial charge in [-0.2, -0.15) is 36.3 Å². The van der Waals surface area contributed by atoms with E-state index >= 15 is 0 Å². The van der Waals surface area contributed by atoms with Crippen molar-refractivity contribution < 1.29 is 69.2 Å². The summed E-state index contributed by atoms with van der Waals surface area (Å²) >= 11 is 0. The zero-order valence-electron chi connectivity index (χ0n) is 45.3. The number of anilines is 8. The van der Waals surface area contributed by atoms with Gasteiger partial charge in [0.25, 0.3) is 11.8 Å². The molecule has 440 valence electrons. The third kappa shape index (κ3) is 13.2. The number of carbonyl (C=O) groups is 2. The molecule has 2 saturated carbocycles. The lowest BCUT2D eigenvalue weighted by atomic mass is 9.80. The Morgan fingerprint density at radius 1 is 0.578 bits per heavy atom. The van der Waals surface area contributed by atoms with Crippen molar-refractivity contribution in [1.82, 2.24) is 29.7 Å². The van der Waals surface area contributed by atoms with E-state index in [1.165, 1.54) is 36.2 Å². The quantitative estimate of drug-likeness (QED) is 0.0347. The Morgan fingerprint density at radius 2 is 0.952 bits per heavy atom. The largest absolute Gasteiger partial charge is 0.698 e. The summed E-state index contributed by atoms with van der Waals surface area (Å²) < 4.78 is 122. The second-order valence-electron chi connectivity index (χ2n) is 20.7. The van der Waals surface area contributed by atoms with Crippen LogP contribution in [0.4, 0.5) is 72.6 Å². The maximum absolute atomic E-state index is 14.4. The number of fused-ring (bicyclic) bond motifs is 2. The molecule has 0 bridgehead atoms. The number of nitrogens with zero attached hydrogens (tertiary/aromatic N) is 6. The Balaban J connectivity index is 0.00000828. The van der Waals surface area contributed by atoms with Crippen LogP contribution < -0.4 is 30.7 Å². The van der Waals surface area contributed by atoms with Gasteiger partial charge in [0.2, 0.25) is 11.9 Å². The van der Waals surface area contributed by atoms with E-state index in [0.717, 1.165) is 47.9 Å². The number of aromatic nitrogens is 4. The smallest absolute Gasteiger partial charge is 0.495 e. The van der Waals surface area contributed by atoms with E-state index in [1.54, 1.807) is 50.5 Å². The summed E-state index contributed by atoms with van der Waals surface area (Å²) in [6.45, 7) is 0.124. The summed E-state index contributed by atoms with van der Waals surface area (Å²) in [7, 11) is 3.26. The van der Waals surface area contributed by atoms with Crippen molar-refractivity contribution in [2.45, 2.75) is 114 Å². The zero-order chi connectivity index (χ0) is 58.2. The Morgan fingerprint density at radius 3 is 1.31 bits per heavy atom. The molecule has 83 heavy (non-hydrogen) atoms. The van der Waals surface area contributed by atoms with Crippen LogP contribution in [0.2, 0.25) is 0 Å². The average Bonchev–Trinajstić information content (AvgIpc) is 2.91. The Kier molecular flexibility index (Phi) is 18.0. The molecule has 0 saturated heterocycles. The maximum Gasteiger partial charge on any atom is 0.698 e. The van der Waals surface area contributed by atoms with Crippen molar-refractivity contribution in [2.24, 2.45) is 0 Å². The number of alkyl halides is 6. The molecule has 2 aliphatic carbocycles. The van der Waals surface area contributed by atoms with E-state index in [4.69, 9.17) is 18.5 Å². The zero-order valence-corrected chi connectivity index (χ0v) is 47.0. The highest BCUT2D eigenvalue weighted by Gasteiger charge is 2.40. The first-order valence-corrected chi connectivity index (χ1v) is 27.5. The number of methoxy groups -OCH3 is 2. The standard InChI is InChI=1S/C56H57F6N10O9P.ClH/c1-71-25-37-35(31-7-11-33(73)12-8-31)15-19-43(47(37)51(71)75)65-49-39(55(57,58)59)23-63-53(69-49)67-41-17-5-29(21-45(41)78-3)27-80-82(77)81-28-30-6-18-42(46(22-30)79-4)68-54-64-24-40(56(60,61)62)50(70-54)66-44-20-16-36(32-9-13-34(74)14-10-32)38-26-72(2)52(76)48(38)44;/h5-6,15-24,31-34,73-74H,7-14,25-28H2,1-4H3,(H3-,63,64,65,66,67,68,69,70,75,76);1H/p+1. The van der Waals surface area contributed by atoms with Crippen LogP contribution in [0, 0.1) is 0 Å². The number of amides is 2. The molecule has 2 fully saturated rings. The molecule has 0 unspecified atom stereocenters. The molecule has 6 N–H and O–H groups in total. The molecule has 0 radical (unpaired) electrons. The third-order valence-corrected chi connectivity index (χ3v) is 16.0. The van der Waals surface area contributed by atoms with Gasteiger partial charge < -0.3 is 50.8 Å². The molecule has 2 aliphatic heterocycles. The van der Waals surface area contributed by atoms with Crippen LogP contribution in [-0.2, 0) is 52.3 Å². The molecule has 2 aromatic heterocycles. The van der Waals surface area contributed by atoms with Gasteiger partial charge in [0.1, 0.15) is 47.5 Å². The predicted octanol–water partition coefficient (Wildman–Crippen LogP) is 12.3. The summed E-state index contributed by atoms with van der Waals surface area (Å²) in [6, 6.07) is 16.1. The fourth-order valence-corrected chi connectivity index (χ4v) is 11.6. The number of rotatable bonds is 18. The van der Waals surface area contributed by atoms with Crippen molar-refractivity contribution in [3.63, 3.8) is 0 Å². The highest BCUT2D eigenvalue weighted by atomic mass is 35.5. The van der Waals surface area contributed by atoms with Crippen LogP contribution in [0.3, 0.4) is 0 Å². The summed E-state index contributed by atoms with van der Waals surface area (Å²) in [5.41, 5.74) is 3.29. The minimum absolute atomic E-state index is 0. The number of nitrogens with one attached hydrogen (secondary N) is 4. The Bertz CT molecular complexity index is 3220. The fraction of sp³-hybridized carbons (Fsp3) is 0.393. The molecule has 2 amide bonds. The van der Waals surface area contributed by atoms with E-state index in [9.17, 15) is 50.7 Å². The van der Waals surface area contributed by atoms with Gasteiger partial charge in [-0.1, -0.05) is 24.3 Å². The molecule has 27 heteroatoms. The normalized spacial score (nSPS) is 19.0. The molecular formula is C56H59ClF6N10O9P+. The van der Waals surface area contributed by atoms with Crippen molar-refractivity contribution in [2.75, 3.05) is 49.6 Å². The van der Waals surface area contributed by atoms with Gasteiger partial charge in [-0.05, 0) is 133 Å². The molecular weight excluding hydrogens is 1140 g/mol. The highest BCUT2D eigenvalue weighted by Crippen LogP contribution is 2.46. The van der Waals surface area contributed by atoms with Crippen LogP contribution in [0.5, 0.6) is 11.5 Å². The van der Waals surface area contributed by atoms with E-state index in [2.05, 4.69) is 41.2 Å². The second-order valence-corrected chi connectivity index (χ2v) is 21.7. The maximum atomic E-state index is 14.4. The first kappa shape index (κ1) is 60.2. The van der Waals surface area contributed by atoms with Crippen LogP contribution in [0.1, 0.15) is 128 Å². The topological polar surface area (TPSA) is 235 Å². The average molecular weight is 1200 g/mol. The number of hydrogen-bond acceptors (Lipinski definition) is 17. The molecule has 0 spiro atoms. The lowest BCUT2D eigenvalue weighted by molar-refractivity contribution is -0.138. The lowest BCUT2D eigenvalue weighted by Gasteiger charge is -2.27. The number of hydrogen-bond donors (Lipinski definition) is 6. The third-order valence-electron chi connectivity index (χ3n) is 15.3. The molecule has 0 atom stereocenters. The van der Waals surface area contributed by atoms with E-state index in [1.807, 2.05) is 12.1 Å². The van der Waals surface area contributed by atoms with E-state index in [0.29, 0.717) is 49.2 Å². The van der Waals surface area contributed by atoms with Gasteiger partial charge in [-0.25, -0.2) is 9.97 Å². The lowest BCUT2D eigenvalue weighted by Crippen LogP contribution is -2.18. The number of benzene rings is 4. The van der Waals surface area contributed by atoms with Crippen molar-refractivity contribution in [3.05, 3.63) is 129 Å². The van der Waals surface area contributed by atoms with Crippen molar-refractivity contribution in [1.29, 1.82) is 0 Å². The van der Waals surface area contributed by atoms with Crippen LogP contribution in [0.15, 0.2) is 73.1 Å². The van der Waals surface area contributed by atoms with Gasteiger partial charge in [0, 0.05) is 44.1 Å². The number of carbonyl (C=O) groups excluding carboxylic acids is 2. The molecule has 4 heterocycles. The van der Waals surface area contributed by atoms with Gasteiger partial charge in [0.05, 0.1) is 60.3 Å². The van der Waals surface area contributed by atoms with E-state index < -0.39 is 43.4 Å². The summed E-state index contributed by atoms with van der Waals surface area (Å²) in [4.78, 5) is 46.2. The fourth-order valence-electron chi connectivity index (χ4n) is 11.0. The van der Waals surface area contributed by atoms with Crippen LogP contribution >= 0.6 is 20.7 Å². The molecule has 4 aromatic carbocycles. The molecule has 19 nitrogen and oxygen atoms in total. The minimum Gasteiger partial charge on any atom is -0.495 e. The Hall–Kier alpha value is -7.41. The van der Waals surface area contributed by atoms with Crippen LogP contribution in [0.25, 0.3) is 0 Å². The SMILES string of the molecule is COc1cc(CO[P+](=O)OCc2ccc(Nc3ncc(C(F)(F)F)c(Nc4ccc(C5CCC(O)CC5)c5c4C(=O)N(C)C5)n3)c(OC)c2)ccc1Nc1ncc(C(F)(F)F)c(Nc2ccc(C3CCC(O)CC3)c3c2C(=O)N(C)C3)n1.Cl. The number of ether oxygens (including phenoxy) is 2. The van der Waals surface area contributed by atoms with Gasteiger partial charge in [-0.3, -0.25) is 9.59 Å². The number of aliphatic hydroxyl groups is 2. The highest BCUT2D eigenvalue weighted by molar-refractivity contribution is 7.33. The molecule has 4 aliphatic rings.